The Balaban J connectivity index is 1.63. The number of fused-ring (bicyclic) bond motifs is 1. The quantitative estimate of drug-likeness (QED) is 0.756. The first-order valence-corrected chi connectivity index (χ1v) is 9.96. The van der Waals surface area contributed by atoms with E-state index in [1.807, 2.05) is 0 Å². The number of benzene rings is 1. The van der Waals surface area contributed by atoms with Crippen LogP contribution in [0.1, 0.15) is 41.0 Å². The minimum absolute atomic E-state index is 0.118. The van der Waals surface area contributed by atoms with Gasteiger partial charge in [-0.15, -0.1) is 0 Å². The Bertz CT molecular complexity index is 993. The number of hydrogen-bond donors (Lipinski definition) is 1. The number of aromatic nitrogens is 1. The number of aryl methyl sites for hydroxylation is 2. The van der Waals surface area contributed by atoms with Crippen LogP contribution in [0.5, 0.6) is 11.6 Å². The van der Waals surface area contributed by atoms with Crippen molar-refractivity contribution in [2.75, 3.05) is 0 Å². The van der Waals surface area contributed by atoms with E-state index in [0.29, 0.717) is 5.56 Å². The highest BCUT2D eigenvalue weighted by Crippen LogP contribution is 2.43. The highest BCUT2D eigenvalue weighted by atomic mass is 32.2. The summed E-state index contributed by atoms with van der Waals surface area (Å²) in [5, 5.41) is 1.48. The molecule has 9 heteroatoms. The van der Waals surface area contributed by atoms with Gasteiger partial charge >= 0.3 is 6.18 Å². The van der Waals surface area contributed by atoms with Gasteiger partial charge in [0.15, 0.2) is 0 Å². The smallest absolute Gasteiger partial charge is 0.421 e. The molecule has 0 bridgehead atoms. The number of thioether (sulfide) groups is 1. The molecule has 1 aliphatic heterocycles. The maximum absolute atomic E-state index is 13.3. The Labute approximate surface area is 169 Å². The molecule has 1 saturated heterocycles. The lowest BCUT2D eigenvalue weighted by atomic mass is 9.80. The zero-order valence-electron chi connectivity index (χ0n) is 15.4. The van der Waals surface area contributed by atoms with Crippen LogP contribution in [0.3, 0.4) is 0 Å². The second kappa shape index (κ2) is 7.37. The van der Waals surface area contributed by atoms with Crippen molar-refractivity contribution >= 4 is 22.9 Å². The number of carbonyl (C=O) groups is 2. The molecule has 0 saturated carbocycles. The molecule has 0 spiro atoms. The molecule has 1 N–H and O–H groups in total. The van der Waals surface area contributed by atoms with Crippen LogP contribution in [0.4, 0.5) is 18.0 Å². The Morgan fingerprint density at radius 1 is 1.24 bits per heavy atom. The molecule has 2 amide bonds. The molecule has 2 atom stereocenters. The third-order valence-corrected chi connectivity index (χ3v) is 6.18. The van der Waals surface area contributed by atoms with Gasteiger partial charge in [-0.1, -0.05) is 17.8 Å². The predicted octanol–water partition coefficient (Wildman–Crippen LogP) is 4.97. The number of ether oxygens (including phenoxy) is 1. The van der Waals surface area contributed by atoms with Crippen molar-refractivity contribution in [2.45, 2.75) is 43.5 Å². The molecule has 152 valence electrons. The van der Waals surface area contributed by atoms with E-state index >= 15 is 0 Å². The van der Waals surface area contributed by atoms with Crippen molar-refractivity contribution < 1.29 is 27.5 Å². The largest absolute Gasteiger partial charge is 0.438 e. The van der Waals surface area contributed by atoms with Gasteiger partial charge in [0.25, 0.3) is 5.24 Å². The molecule has 1 aliphatic carbocycles. The molecule has 1 fully saturated rings. The van der Waals surface area contributed by atoms with Gasteiger partial charge in [0.1, 0.15) is 16.6 Å². The Kier molecular flexibility index (Phi) is 5.02. The molecular weight excluding hydrogens is 405 g/mol. The van der Waals surface area contributed by atoms with E-state index in [-0.39, 0.29) is 22.8 Å². The fourth-order valence-corrected chi connectivity index (χ4v) is 4.80. The number of carbonyl (C=O) groups excluding carboxylic acids is 2. The fraction of sp³-hybridized carbons (Fsp3) is 0.350. The van der Waals surface area contributed by atoms with Crippen molar-refractivity contribution in [3.63, 3.8) is 0 Å². The second-order valence-corrected chi connectivity index (χ2v) is 8.25. The van der Waals surface area contributed by atoms with E-state index in [0.717, 1.165) is 48.2 Å². The number of halogens is 3. The maximum Gasteiger partial charge on any atom is 0.421 e. The van der Waals surface area contributed by atoms with Crippen LogP contribution >= 0.6 is 11.8 Å². The number of pyridine rings is 1. The first kappa shape index (κ1) is 19.8. The molecule has 2 heterocycles. The van der Waals surface area contributed by atoms with Gasteiger partial charge in [-0.2, -0.15) is 13.2 Å². The summed E-state index contributed by atoms with van der Waals surface area (Å²) in [6, 6.07) is 6.05. The van der Waals surface area contributed by atoms with Crippen molar-refractivity contribution in [1.29, 1.82) is 0 Å². The van der Waals surface area contributed by atoms with Crippen LogP contribution in [0.25, 0.3) is 0 Å². The van der Waals surface area contributed by atoms with Crippen LogP contribution in [0.2, 0.25) is 0 Å². The third-order valence-electron chi connectivity index (χ3n) is 5.07. The van der Waals surface area contributed by atoms with Gasteiger partial charge in [-0.25, -0.2) is 4.98 Å². The molecule has 2 unspecified atom stereocenters. The van der Waals surface area contributed by atoms with Crippen LogP contribution in [-0.2, 0) is 17.4 Å². The molecule has 5 nitrogen and oxygen atoms in total. The summed E-state index contributed by atoms with van der Waals surface area (Å²) in [6.45, 7) is 1.53. The van der Waals surface area contributed by atoms with Crippen molar-refractivity contribution in [1.82, 2.24) is 10.3 Å². The summed E-state index contributed by atoms with van der Waals surface area (Å²) >= 11 is 0.991. The normalized spacial score (nSPS) is 21.7. The van der Waals surface area contributed by atoms with Crippen molar-refractivity contribution in [2.24, 2.45) is 0 Å². The highest BCUT2D eigenvalue weighted by Gasteiger charge is 2.40. The van der Waals surface area contributed by atoms with E-state index in [1.165, 1.54) is 13.1 Å². The average molecular weight is 422 g/mol. The molecule has 1 aromatic carbocycles. The summed E-state index contributed by atoms with van der Waals surface area (Å²) in [7, 11) is 0. The molecule has 2 aromatic rings. The van der Waals surface area contributed by atoms with Crippen LogP contribution in [0.15, 0.2) is 30.5 Å². The van der Waals surface area contributed by atoms with Gasteiger partial charge in [-0.3, -0.25) is 14.9 Å². The van der Waals surface area contributed by atoms with Gasteiger partial charge in [0.2, 0.25) is 11.8 Å². The van der Waals surface area contributed by atoms with Crippen LogP contribution in [0, 0.1) is 6.92 Å². The van der Waals surface area contributed by atoms with Crippen molar-refractivity contribution in [3.05, 3.63) is 52.7 Å². The van der Waals surface area contributed by atoms with Crippen LogP contribution in [-0.4, -0.2) is 21.4 Å². The molecule has 0 radical (unpaired) electrons. The lowest BCUT2D eigenvalue weighted by Crippen LogP contribution is -2.30. The number of alkyl halides is 3. The number of amides is 2. The summed E-state index contributed by atoms with van der Waals surface area (Å²) in [4.78, 5) is 27.4. The first-order valence-electron chi connectivity index (χ1n) is 9.08. The predicted molar refractivity (Wildman–Crippen MR) is 101 cm³/mol. The van der Waals surface area contributed by atoms with Gasteiger partial charge in [-0.05, 0) is 61.1 Å². The fourth-order valence-electron chi connectivity index (χ4n) is 3.79. The summed E-state index contributed by atoms with van der Waals surface area (Å²) in [5.41, 5.74) is 1.30. The number of nitrogens with one attached hydrogen (secondary N) is 1. The van der Waals surface area contributed by atoms with E-state index in [1.54, 1.807) is 18.2 Å². The summed E-state index contributed by atoms with van der Waals surface area (Å²) in [5.74, 6) is -0.651. The Morgan fingerprint density at radius 3 is 2.72 bits per heavy atom. The maximum atomic E-state index is 13.3. The topological polar surface area (TPSA) is 68.3 Å². The second-order valence-electron chi connectivity index (χ2n) is 7.14. The number of hydrogen-bond acceptors (Lipinski definition) is 5. The highest BCUT2D eigenvalue weighted by molar-refractivity contribution is 8.15. The zero-order valence-corrected chi connectivity index (χ0v) is 16.2. The van der Waals surface area contributed by atoms with Gasteiger partial charge in [0, 0.05) is 12.1 Å². The van der Waals surface area contributed by atoms with E-state index in [9.17, 15) is 22.8 Å². The molecule has 4 rings (SSSR count). The lowest BCUT2D eigenvalue weighted by molar-refractivity contribution is -0.139. The molecule has 2 aliphatic rings. The zero-order chi connectivity index (χ0) is 20.8. The molecular formula is C20H17F3N2O3S. The molecule has 1 aromatic heterocycles. The Morgan fingerprint density at radius 2 is 2.03 bits per heavy atom. The van der Waals surface area contributed by atoms with Gasteiger partial charge in [0.05, 0.1) is 0 Å². The van der Waals surface area contributed by atoms with Gasteiger partial charge < -0.3 is 4.74 Å². The van der Waals surface area contributed by atoms with Crippen LogP contribution < -0.4 is 10.1 Å². The minimum Gasteiger partial charge on any atom is -0.438 e. The minimum atomic E-state index is -4.58. The summed E-state index contributed by atoms with van der Waals surface area (Å²) < 4.78 is 45.4. The first-order chi connectivity index (χ1) is 13.7. The van der Waals surface area contributed by atoms with E-state index in [4.69, 9.17) is 4.74 Å². The van der Waals surface area contributed by atoms with Crippen molar-refractivity contribution in [3.8, 4) is 11.6 Å². The number of nitrogens with zero attached hydrogens (tertiary/aromatic N) is 1. The van der Waals surface area contributed by atoms with E-state index < -0.39 is 22.9 Å². The van der Waals surface area contributed by atoms with E-state index in [2.05, 4.69) is 10.3 Å². The Hall–Kier alpha value is -2.55. The average Bonchev–Trinajstić information content (AvgIpc) is 2.99. The molecule has 29 heavy (non-hydrogen) atoms. The SMILES string of the molecule is Cc1cnc(Oc2ccc3c(c2)CCCC3C2SC(=O)NC2=O)c(C(F)(F)F)c1. The summed E-state index contributed by atoms with van der Waals surface area (Å²) in [6.07, 6.45) is -0.942. The lowest BCUT2D eigenvalue weighted by Gasteiger charge is -2.28. The monoisotopic (exact) mass is 422 g/mol. The standard InChI is InChI=1S/C20H17F3N2O3S/c1-10-7-15(20(21,22)23)18(24-9-10)28-12-5-6-13-11(8-12)3-2-4-14(13)16-17(26)25-19(27)29-16/h5-9,14,16H,2-4H2,1H3,(H,25,26,27). The number of imide groups is 1. The number of rotatable bonds is 3. The third kappa shape index (κ3) is 3.96.